The number of nitrogen functional groups attached to an aromatic ring is 5. The molecule has 0 radical (unpaired) electrons. The van der Waals surface area contributed by atoms with E-state index in [9.17, 15) is 86.3 Å². The fourth-order valence-electron chi connectivity index (χ4n) is 14.0. The normalized spacial score (nSPS) is 29.7. The third-order valence-corrected chi connectivity index (χ3v) is 24.7. The van der Waals surface area contributed by atoms with Crippen LogP contribution in [0.5, 0.6) is 0 Å². The predicted octanol–water partition coefficient (Wildman–Crippen LogP) is -3.03. The molecule has 0 bridgehead atoms. The molecule has 5 unspecified atom stereocenters. The Bertz CT molecular complexity index is 6010. The van der Waals surface area contributed by atoms with Gasteiger partial charge in [-0.2, -0.15) is 19.9 Å². The van der Waals surface area contributed by atoms with Crippen LogP contribution in [0.15, 0.2) is 84.8 Å². The lowest BCUT2D eigenvalue weighted by atomic mass is 10.2. The third kappa shape index (κ3) is 18.9. The van der Waals surface area contributed by atoms with Crippen molar-refractivity contribution in [3.8, 4) is 0 Å². The van der Waals surface area contributed by atoms with Crippen molar-refractivity contribution in [2.75, 3.05) is 68.3 Å². The Morgan fingerprint density at radius 3 is 1.17 bits per heavy atom. The molecule has 9 aromatic rings. The molecule has 23 atom stereocenters. The number of ether oxygens (including phenoxy) is 6. The van der Waals surface area contributed by atoms with Gasteiger partial charge in [0, 0.05) is 62.7 Å². The molecule has 57 nitrogen and oxygen atoms in total. The van der Waals surface area contributed by atoms with Gasteiger partial charge in [0.1, 0.15) is 128 Å². The number of aromatic nitrogens is 18. The van der Waals surface area contributed by atoms with E-state index in [1.54, 1.807) is 0 Å². The minimum Gasteiger partial charge on any atom is -0.394 e. The third-order valence-electron chi connectivity index (χ3n) is 19.6. The molecular weight excluding hydrogens is 1720 g/mol. The van der Waals surface area contributed by atoms with Crippen LogP contribution in [0.2, 0.25) is 0 Å². The van der Waals surface area contributed by atoms with Crippen LogP contribution < -0.4 is 62.4 Å². The molecule has 650 valence electrons. The van der Waals surface area contributed by atoms with Crippen molar-refractivity contribution in [2.45, 2.75) is 156 Å². The van der Waals surface area contributed by atoms with Gasteiger partial charge in [-0.25, -0.2) is 62.1 Å². The van der Waals surface area contributed by atoms with Crippen LogP contribution in [0, 0.1) is 6.92 Å². The smallest absolute Gasteiger partial charge is 0.394 e. The van der Waals surface area contributed by atoms with Gasteiger partial charge in [0.15, 0.2) is 33.8 Å². The molecule has 0 aromatic carbocycles. The zero-order valence-electron chi connectivity index (χ0n) is 61.6. The number of anilines is 5. The molecule has 0 saturated carbocycles. The quantitative estimate of drug-likeness (QED) is 0.0186. The van der Waals surface area contributed by atoms with Gasteiger partial charge in [0.05, 0.1) is 64.7 Å². The number of nitrogens with two attached hydrogens (primary N) is 5. The number of imidazole rings is 3. The van der Waals surface area contributed by atoms with Crippen molar-refractivity contribution in [1.29, 1.82) is 0 Å². The molecule has 0 aliphatic carbocycles. The average Bonchev–Trinajstić information content (AvgIpc) is 1.60. The lowest BCUT2D eigenvalue weighted by Gasteiger charge is -2.26. The number of nitrogens with zero attached hydrogens (tertiary/aromatic N) is 15. The van der Waals surface area contributed by atoms with E-state index in [1.165, 1.54) is 51.6 Å². The topological polar surface area (TPSA) is 800 Å². The van der Waals surface area contributed by atoms with Gasteiger partial charge < -0.3 is 91.8 Å². The molecule has 6 aliphatic heterocycles. The molecule has 6 fully saturated rings. The standard InChI is InChI=1S/C58H74N23O34P5/c1-23-12-78(58(89)75-51(23)84)40-9-27(113-119(96,97)104-18-35-29(11-43(110-35)81-22-68-46-50(81)72-55(63)74-53(46)86)114-116(90,91)100-14-31-24(83)6-38(106-31)76-4-2-36(59)69-56(76)87)33(108-40)16-102-120(98,99)115-28-10-41(79-20-66-44-47(61)64-19-65-48(44)79)109-34(28)17-103-118(94,95)112-26-8-39(77-5-3-37(60)70-57(77)88)107-32(26)15-101-117(92,93)111-25-7-42(105-30(25)13-82)80-21-67-45-49(80)71-54(62)73-52(45)85/h2-5,12,19-22,24-35,38-43,82-83H,6-11,13-18H2,1H3,(H,90,91)(H,92,93)(H,94,95)(H,96,97)(H,98,99)(H2,59,69,87)(H2,60,70,88)(H2,61,64,65)(H,75,84,89)(H3,62,71,73,85)(H3,63,72,74,86)/t24-,25-,26-,27-,28-,29-,30+,31+,32+,33+,34+,35+,38+,39+,40+,41+,42+,43+/m0/s1. The number of phosphoric acid groups is 5. The summed E-state index contributed by atoms with van der Waals surface area (Å²) >= 11 is 0. The van der Waals surface area contributed by atoms with Gasteiger partial charge in [0.25, 0.3) is 16.7 Å². The zero-order chi connectivity index (χ0) is 85.4. The summed E-state index contributed by atoms with van der Waals surface area (Å²) < 4.78 is 168. The first kappa shape index (κ1) is 85.9. The van der Waals surface area contributed by atoms with Gasteiger partial charge in [-0.05, 0) is 19.1 Å². The molecule has 0 spiro atoms. The summed E-state index contributed by atoms with van der Waals surface area (Å²) in [5.41, 5.74) is 23.3. The van der Waals surface area contributed by atoms with E-state index >= 15 is 0 Å². The molecule has 15 heterocycles. The minimum absolute atomic E-state index is 0.0347. The molecule has 9 aromatic heterocycles. The van der Waals surface area contributed by atoms with Gasteiger partial charge in [-0.3, -0.25) is 102 Å². The maximum atomic E-state index is 14.5. The lowest BCUT2D eigenvalue weighted by Crippen LogP contribution is -2.33. The van der Waals surface area contributed by atoms with Crippen LogP contribution in [-0.2, 0) is 96.5 Å². The van der Waals surface area contributed by atoms with Crippen LogP contribution in [0.25, 0.3) is 33.5 Å². The molecule has 15 rings (SSSR count). The monoisotopic (exact) mass is 1790 g/mol. The fourth-order valence-corrected chi connectivity index (χ4v) is 18.8. The highest BCUT2D eigenvalue weighted by Crippen LogP contribution is 2.56. The molecule has 62 heteroatoms. The number of phosphoric ester groups is 5. The van der Waals surface area contributed by atoms with Crippen LogP contribution in [0.4, 0.5) is 29.4 Å². The highest BCUT2D eigenvalue weighted by atomic mass is 31.2. The van der Waals surface area contributed by atoms with E-state index in [0.717, 1.165) is 38.7 Å². The summed E-state index contributed by atoms with van der Waals surface area (Å²) in [4.78, 5) is 177. The Morgan fingerprint density at radius 2 is 0.767 bits per heavy atom. The van der Waals surface area contributed by atoms with Crippen molar-refractivity contribution in [3.05, 3.63) is 124 Å². The number of nitrogens with one attached hydrogen (secondary N) is 3. The largest absolute Gasteiger partial charge is 0.472 e. The zero-order valence-corrected chi connectivity index (χ0v) is 66.0. The predicted molar refractivity (Wildman–Crippen MR) is 394 cm³/mol. The Labute approximate surface area is 666 Å². The van der Waals surface area contributed by atoms with Crippen molar-refractivity contribution >= 4 is 102 Å². The van der Waals surface area contributed by atoms with E-state index in [4.69, 9.17) is 102 Å². The summed E-state index contributed by atoms with van der Waals surface area (Å²) in [6.45, 7) is -4.58. The van der Waals surface area contributed by atoms with E-state index in [0.29, 0.717) is 0 Å². The van der Waals surface area contributed by atoms with Crippen molar-refractivity contribution in [2.24, 2.45) is 0 Å². The Morgan fingerprint density at radius 1 is 0.425 bits per heavy atom. The van der Waals surface area contributed by atoms with E-state index < -0.39 is 249 Å². The van der Waals surface area contributed by atoms with Gasteiger partial charge in [-0.1, -0.05) is 0 Å². The first-order chi connectivity index (χ1) is 56.8. The number of aryl methyl sites for hydroxylation is 1. The maximum Gasteiger partial charge on any atom is 0.472 e. The molecular formula is C58H74N23O34P5. The second kappa shape index (κ2) is 34.0. The van der Waals surface area contributed by atoms with Crippen LogP contribution in [0.1, 0.15) is 81.5 Å². The molecule has 120 heavy (non-hydrogen) atoms. The van der Waals surface area contributed by atoms with E-state index in [2.05, 4.69) is 59.8 Å². The highest BCUT2D eigenvalue weighted by Gasteiger charge is 2.52. The second-order valence-corrected chi connectivity index (χ2v) is 34.7. The minimum atomic E-state index is -5.63. The number of rotatable bonds is 32. The maximum absolute atomic E-state index is 14.5. The first-order valence-electron chi connectivity index (χ1n) is 35.7. The van der Waals surface area contributed by atoms with Gasteiger partial charge in [0.2, 0.25) is 11.9 Å². The number of aromatic amines is 3. The number of aliphatic hydroxyl groups excluding tert-OH is 2. The Kier molecular flexibility index (Phi) is 24.3. The second-order valence-electron chi connectivity index (χ2n) is 27.7. The molecule has 6 aliphatic rings. The molecule has 0 amide bonds. The number of H-pyrrole nitrogens is 3. The summed E-state index contributed by atoms with van der Waals surface area (Å²) in [7, 11) is -27.4. The summed E-state index contributed by atoms with van der Waals surface area (Å²) in [6, 6.07) is 2.51. The van der Waals surface area contributed by atoms with Crippen molar-refractivity contribution in [3.63, 3.8) is 0 Å². The number of hydrogen-bond acceptors (Lipinski definition) is 43. The molecule has 20 N–H and O–H groups in total. The van der Waals surface area contributed by atoms with Crippen LogP contribution >= 0.6 is 39.1 Å². The molecule has 6 saturated heterocycles. The fraction of sp³-hybridized carbons (Fsp3) is 0.534. The van der Waals surface area contributed by atoms with Gasteiger partial charge in [-0.15, -0.1) is 0 Å². The van der Waals surface area contributed by atoms with Crippen molar-refractivity contribution < 1.29 is 131 Å². The Balaban J connectivity index is 0.632. The van der Waals surface area contributed by atoms with Crippen LogP contribution in [0.3, 0.4) is 0 Å². The summed E-state index contributed by atoms with van der Waals surface area (Å²) in [5.74, 6) is -1.03. The number of hydrogen-bond donors (Lipinski definition) is 15. The van der Waals surface area contributed by atoms with E-state index in [-0.39, 0.29) is 81.2 Å². The van der Waals surface area contributed by atoms with Crippen LogP contribution in [-0.4, -0.2) is 235 Å². The highest BCUT2D eigenvalue weighted by molar-refractivity contribution is 7.48. The first-order valence-corrected chi connectivity index (χ1v) is 43.2. The average molecular weight is 1790 g/mol. The lowest BCUT2D eigenvalue weighted by molar-refractivity contribution is -0.0648. The van der Waals surface area contributed by atoms with Gasteiger partial charge >= 0.3 is 56.2 Å². The van der Waals surface area contributed by atoms with Crippen molar-refractivity contribution in [1.82, 2.24) is 87.2 Å². The summed E-state index contributed by atoms with van der Waals surface area (Å²) in [5, 5.41) is 21.1. The number of aliphatic hydroxyl groups is 2. The van der Waals surface area contributed by atoms with E-state index in [1.807, 2.05) is 0 Å². The Hall–Kier alpha value is -9.08. The number of fused-ring (bicyclic) bond motifs is 3. The summed E-state index contributed by atoms with van der Waals surface area (Å²) in [6.07, 6.45) is -21.6. The SMILES string of the molecule is Cc1cn([C@H]2C[C@H](OP(=O)(O)OC[C@H]3O[C@@H](n4cnc5c(=O)[nH]c(N)nc54)C[C@@H]3OP(=O)(O)OC[C@H]3O[C@@H](n4ccc(N)nc4=O)C[C@@H]3O)[C@@H](COP(=O)(O)O[C@H]3C[C@H](n4cnc5c(N)ncnc54)O[C@@H]3COP(=O)(O)O[C@H]3C[C@H](n4ccc(N)nc4=O)O[C@@H]3COP(=O)(O)O[C@H]3C[C@H](n4cnc5c(=O)[nH]c(N)nc54)O[C@@H]3CO)O2)c(=O)[nH]c1=O.